The van der Waals surface area contributed by atoms with Crippen molar-refractivity contribution in [3.63, 3.8) is 0 Å². The standard InChI is InChI=1S/C7H15NOSi/c1-7(2,6-8)4-3-5-9-10/h3-5H2,1-2,10H3. The molecule has 0 saturated heterocycles. The molecule has 0 fully saturated rings. The van der Waals surface area contributed by atoms with E-state index in [4.69, 9.17) is 9.69 Å². The highest BCUT2D eigenvalue weighted by Gasteiger charge is 2.14. The monoisotopic (exact) mass is 157 g/mol. The first-order valence-electron chi connectivity index (χ1n) is 3.52. The lowest BCUT2D eigenvalue weighted by atomic mass is 9.90. The Kier molecular flexibility index (Phi) is 4.33. The first kappa shape index (κ1) is 9.67. The van der Waals surface area contributed by atoms with Crippen LogP contribution < -0.4 is 0 Å². The summed E-state index contributed by atoms with van der Waals surface area (Å²) >= 11 is 0. The Hall–Kier alpha value is -0.333. The van der Waals surface area contributed by atoms with Crippen molar-refractivity contribution < 1.29 is 4.43 Å². The number of nitrogens with zero attached hydrogens (tertiary/aromatic N) is 1. The average molecular weight is 157 g/mol. The fourth-order valence-electron chi connectivity index (χ4n) is 0.714. The average Bonchev–Trinajstić information content (AvgIpc) is 1.89. The lowest BCUT2D eigenvalue weighted by molar-refractivity contribution is 0.306. The van der Waals surface area contributed by atoms with E-state index in [9.17, 15) is 0 Å². The second-order valence-electron chi connectivity index (χ2n) is 3.09. The summed E-state index contributed by atoms with van der Waals surface area (Å²) in [5, 5.41) is 8.61. The van der Waals surface area contributed by atoms with Crippen LogP contribution in [-0.4, -0.2) is 17.1 Å². The predicted octanol–water partition coefficient (Wildman–Crippen LogP) is 0.613. The van der Waals surface area contributed by atoms with Gasteiger partial charge in [0.05, 0.1) is 11.5 Å². The maximum atomic E-state index is 8.61. The summed E-state index contributed by atoms with van der Waals surface area (Å²) in [4.78, 5) is 0. The van der Waals surface area contributed by atoms with Gasteiger partial charge < -0.3 is 4.43 Å². The summed E-state index contributed by atoms with van der Waals surface area (Å²) in [5.74, 6) is 0. The van der Waals surface area contributed by atoms with E-state index in [0.717, 1.165) is 29.9 Å². The third kappa shape index (κ3) is 4.54. The van der Waals surface area contributed by atoms with Crippen LogP contribution in [-0.2, 0) is 4.43 Å². The molecule has 0 aliphatic heterocycles. The highest BCUT2D eigenvalue weighted by atomic mass is 28.2. The van der Waals surface area contributed by atoms with Gasteiger partial charge in [0, 0.05) is 6.61 Å². The third-order valence-electron chi connectivity index (χ3n) is 1.45. The van der Waals surface area contributed by atoms with Gasteiger partial charge in [0.25, 0.3) is 0 Å². The zero-order valence-electron chi connectivity index (χ0n) is 6.98. The highest BCUT2D eigenvalue weighted by Crippen LogP contribution is 2.19. The summed E-state index contributed by atoms with van der Waals surface area (Å²) < 4.78 is 5.01. The van der Waals surface area contributed by atoms with Gasteiger partial charge in [0.1, 0.15) is 10.5 Å². The molecule has 10 heavy (non-hydrogen) atoms. The predicted molar refractivity (Wildman–Crippen MR) is 44.5 cm³/mol. The van der Waals surface area contributed by atoms with Gasteiger partial charge in [-0.1, -0.05) is 0 Å². The molecule has 0 aliphatic rings. The first-order chi connectivity index (χ1) is 4.62. The summed E-state index contributed by atoms with van der Waals surface area (Å²) in [7, 11) is 0.809. The molecule has 0 unspecified atom stereocenters. The summed E-state index contributed by atoms with van der Waals surface area (Å²) in [6, 6.07) is 2.26. The van der Waals surface area contributed by atoms with Crippen molar-refractivity contribution in [3.05, 3.63) is 0 Å². The van der Waals surface area contributed by atoms with E-state index in [1.165, 1.54) is 0 Å². The number of rotatable bonds is 4. The molecule has 0 atom stereocenters. The minimum Gasteiger partial charge on any atom is -0.428 e. The van der Waals surface area contributed by atoms with E-state index in [1.807, 2.05) is 13.8 Å². The van der Waals surface area contributed by atoms with Crippen molar-refractivity contribution in [3.8, 4) is 6.07 Å². The Morgan fingerprint density at radius 3 is 2.60 bits per heavy atom. The van der Waals surface area contributed by atoms with Crippen molar-refractivity contribution in [2.75, 3.05) is 6.61 Å². The molecule has 0 rings (SSSR count). The van der Waals surface area contributed by atoms with E-state index >= 15 is 0 Å². The number of hydrogen-bond acceptors (Lipinski definition) is 2. The third-order valence-corrected chi connectivity index (χ3v) is 1.86. The molecular weight excluding hydrogens is 142 g/mol. The van der Waals surface area contributed by atoms with Crippen LogP contribution in [0, 0.1) is 16.7 Å². The van der Waals surface area contributed by atoms with Gasteiger partial charge >= 0.3 is 0 Å². The SMILES string of the molecule is CC(C)(C#N)CCCO[SiH3]. The normalized spacial score (nSPS) is 11.3. The van der Waals surface area contributed by atoms with E-state index in [0.29, 0.717) is 0 Å². The lowest BCUT2D eigenvalue weighted by Crippen LogP contribution is -2.08. The van der Waals surface area contributed by atoms with Crippen LogP contribution >= 0.6 is 0 Å². The zero-order valence-corrected chi connectivity index (χ0v) is 8.98. The van der Waals surface area contributed by atoms with Gasteiger partial charge in [0.15, 0.2) is 0 Å². The van der Waals surface area contributed by atoms with E-state index in [1.54, 1.807) is 0 Å². The molecule has 0 aliphatic carbocycles. The Morgan fingerprint density at radius 2 is 2.20 bits per heavy atom. The first-order valence-corrected chi connectivity index (χ1v) is 4.34. The Labute approximate surface area is 65.7 Å². The van der Waals surface area contributed by atoms with Gasteiger partial charge in [-0.25, -0.2) is 0 Å². The molecule has 2 nitrogen and oxygen atoms in total. The summed E-state index contributed by atoms with van der Waals surface area (Å²) in [6.07, 6.45) is 1.94. The quantitative estimate of drug-likeness (QED) is 0.442. The molecule has 0 aromatic heterocycles. The molecule has 58 valence electrons. The Balaban J connectivity index is 3.40. The van der Waals surface area contributed by atoms with Crippen LogP contribution in [0.1, 0.15) is 26.7 Å². The van der Waals surface area contributed by atoms with Crippen LogP contribution in [0.5, 0.6) is 0 Å². The largest absolute Gasteiger partial charge is 0.428 e. The molecule has 0 aromatic rings. The fourth-order valence-corrected chi connectivity index (χ4v) is 1.00. The van der Waals surface area contributed by atoms with E-state index < -0.39 is 0 Å². The summed E-state index contributed by atoms with van der Waals surface area (Å²) in [6.45, 7) is 4.73. The van der Waals surface area contributed by atoms with Crippen molar-refractivity contribution in [2.24, 2.45) is 5.41 Å². The minimum absolute atomic E-state index is 0.167. The summed E-state index contributed by atoms with van der Waals surface area (Å²) in [5.41, 5.74) is -0.167. The molecule has 0 amide bonds. The van der Waals surface area contributed by atoms with Crippen molar-refractivity contribution >= 4 is 10.5 Å². The molecule has 0 aromatic carbocycles. The molecule has 3 heteroatoms. The van der Waals surface area contributed by atoms with Crippen molar-refractivity contribution in [2.45, 2.75) is 26.7 Å². The Bertz CT molecular complexity index is 128. The fraction of sp³-hybridized carbons (Fsp3) is 0.857. The van der Waals surface area contributed by atoms with Gasteiger partial charge in [-0.05, 0) is 26.7 Å². The molecule has 0 spiro atoms. The second kappa shape index (κ2) is 4.48. The van der Waals surface area contributed by atoms with Crippen molar-refractivity contribution in [1.82, 2.24) is 0 Å². The smallest absolute Gasteiger partial charge is 0.145 e. The van der Waals surface area contributed by atoms with Crippen LogP contribution in [0.3, 0.4) is 0 Å². The zero-order chi connectivity index (χ0) is 8.04. The number of nitriles is 1. The lowest BCUT2D eigenvalue weighted by Gasteiger charge is -2.13. The Morgan fingerprint density at radius 1 is 1.60 bits per heavy atom. The molecule has 0 heterocycles. The van der Waals surface area contributed by atoms with Gasteiger partial charge in [-0.3, -0.25) is 0 Å². The highest BCUT2D eigenvalue weighted by molar-refractivity contribution is 5.97. The number of hydrogen-bond donors (Lipinski definition) is 0. The van der Waals surface area contributed by atoms with Crippen molar-refractivity contribution in [1.29, 1.82) is 5.26 Å². The molecule has 0 bridgehead atoms. The molecule has 0 radical (unpaired) electrons. The van der Waals surface area contributed by atoms with E-state index in [-0.39, 0.29) is 5.41 Å². The van der Waals surface area contributed by atoms with Gasteiger partial charge in [-0.2, -0.15) is 5.26 Å². The maximum absolute atomic E-state index is 8.61. The van der Waals surface area contributed by atoms with Gasteiger partial charge in [0.2, 0.25) is 0 Å². The topological polar surface area (TPSA) is 33.0 Å². The van der Waals surface area contributed by atoms with Crippen LogP contribution in [0.2, 0.25) is 0 Å². The van der Waals surface area contributed by atoms with Crippen LogP contribution in [0.15, 0.2) is 0 Å². The van der Waals surface area contributed by atoms with Crippen LogP contribution in [0.25, 0.3) is 0 Å². The van der Waals surface area contributed by atoms with Gasteiger partial charge in [-0.15, -0.1) is 0 Å². The second-order valence-corrected chi connectivity index (χ2v) is 3.67. The van der Waals surface area contributed by atoms with Crippen LogP contribution in [0.4, 0.5) is 0 Å². The molecule has 0 N–H and O–H groups in total. The van der Waals surface area contributed by atoms with E-state index in [2.05, 4.69) is 6.07 Å². The molecular formula is C7H15NOSi. The molecule has 0 saturated carbocycles. The minimum atomic E-state index is -0.167. The maximum Gasteiger partial charge on any atom is 0.145 e.